The van der Waals surface area contributed by atoms with Crippen molar-refractivity contribution in [3.8, 4) is 0 Å². The zero-order valence-electron chi connectivity index (χ0n) is 12.9. The van der Waals surface area contributed by atoms with Gasteiger partial charge < -0.3 is 15.3 Å². The molecule has 0 spiro atoms. The molecule has 1 rings (SSSR count). The zero-order valence-corrected chi connectivity index (χ0v) is 12.9. The number of hydrogen-bond acceptors (Lipinski definition) is 2. The van der Waals surface area contributed by atoms with Crippen LogP contribution in [0.15, 0.2) is 24.3 Å². The van der Waals surface area contributed by atoms with E-state index in [9.17, 15) is 9.59 Å². The average Bonchev–Trinajstić information content (AvgIpc) is 2.44. The number of carboxylic acid groups (broad SMARTS) is 1. The van der Waals surface area contributed by atoms with Crippen LogP contribution in [-0.2, 0) is 11.2 Å². The first-order valence-corrected chi connectivity index (χ1v) is 7.18. The van der Waals surface area contributed by atoms with Gasteiger partial charge in [0.1, 0.15) is 0 Å². The Labute approximate surface area is 126 Å². The van der Waals surface area contributed by atoms with Crippen molar-refractivity contribution in [1.29, 1.82) is 0 Å². The summed E-state index contributed by atoms with van der Waals surface area (Å²) in [6.07, 6.45) is 1.31. The highest BCUT2D eigenvalue weighted by Gasteiger charge is 2.15. The quantitative estimate of drug-likeness (QED) is 0.758. The van der Waals surface area contributed by atoms with Crippen LogP contribution < -0.4 is 5.32 Å². The molecule has 21 heavy (non-hydrogen) atoms. The minimum atomic E-state index is -0.842. The molecule has 0 aliphatic heterocycles. The van der Waals surface area contributed by atoms with Gasteiger partial charge in [-0.2, -0.15) is 0 Å². The van der Waals surface area contributed by atoms with Crippen molar-refractivity contribution in [2.45, 2.75) is 39.2 Å². The lowest BCUT2D eigenvalue weighted by molar-refractivity contribution is -0.137. The van der Waals surface area contributed by atoms with Gasteiger partial charge >= 0.3 is 12.0 Å². The summed E-state index contributed by atoms with van der Waals surface area (Å²) >= 11 is 0. The van der Waals surface area contributed by atoms with Gasteiger partial charge in [0.05, 0.1) is 0 Å². The van der Waals surface area contributed by atoms with Crippen molar-refractivity contribution < 1.29 is 14.7 Å². The molecular weight excluding hydrogens is 268 g/mol. The highest BCUT2D eigenvalue weighted by molar-refractivity contribution is 5.74. The molecule has 0 aromatic heterocycles. The van der Waals surface area contributed by atoms with Gasteiger partial charge in [-0.1, -0.05) is 29.8 Å². The predicted molar refractivity (Wildman–Crippen MR) is 82.4 cm³/mol. The van der Waals surface area contributed by atoms with Crippen LogP contribution >= 0.6 is 0 Å². The van der Waals surface area contributed by atoms with Gasteiger partial charge in [-0.25, -0.2) is 4.79 Å². The lowest BCUT2D eigenvalue weighted by Crippen LogP contribution is -2.43. The number of carboxylic acids is 1. The minimum Gasteiger partial charge on any atom is -0.481 e. The lowest BCUT2D eigenvalue weighted by atomic mass is 10.1. The molecule has 0 fully saturated rings. The van der Waals surface area contributed by atoms with Crippen molar-refractivity contribution in [2.75, 3.05) is 13.6 Å². The van der Waals surface area contributed by atoms with E-state index in [1.165, 1.54) is 11.1 Å². The second-order valence-corrected chi connectivity index (χ2v) is 5.38. The van der Waals surface area contributed by atoms with E-state index in [1.54, 1.807) is 11.9 Å². The Kier molecular flexibility index (Phi) is 6.72. The molecule has 0 radical (unpaired) electrons. The van der Waals surface area contributed by atoms with Crippen LogP contribution in [0.3, 0.4) is 0 Å². The van der Waals surface area contributed by atoms with Crippen LogP contribution in [0, 0.1) is 6.92 Å². The average molecular weight is 292 g/mol. The molecule has 0 aliphatic carbocycles. The van der Waals surface area contributed by atoms with Crippen LogP contribution in [0.25, 0.3) is 0 Å². The van der Waals surface area contributed by atoms with Crippen molar-refractivity contribution in [2.24, 2.45) is 0 Å². The fraction of sp³-hybridized carbons (Fsp3) is 0.500. The summed E-state index contributed by atoms with van der Waals surface area (Å²) in [6, 6.07) is 8.18. The van der Waals surface area contributed by atoms with E-state index in [1.807, 2.05) is 13.8 Å². The number of amides is 2. The molecule has 2 N–H and O–H groups in total. The van der Waals surface area contributed by atoms with Crippen LogP contribution in [-0.4, -0.2) is 41.6 Å². The fourth-order valence-electron chi connectivity index (χ4n) is 1.96. The van der Waals surface area contributed by atoms with Gasteiger partial charge in [-0.3, -0.25) is 4.79 Å². The summed E-state index contributed by atoms with van der Waals surface area (Å²) < 4.78 is 0. The lowest BCUT2D eigenvalue weighted by Gasteiger charge is -2.25. The van der Waals surface area contributed by atoms with E-state index >= 15 is 0 Å². The third-order valence-corrected chi connectivity index (χ3v) is 3.48. The maximum atomic E-state index is 11.9. The van der Waals surface area contributed by atoms with Gasteiger partial charge in [0.15, 0.2) is 0 Å². The Hall–Kier alpha value is -2.04. The van der Waals surface area contributed by atoms with E-state index in [0.717, 1.165) is 6.42 Å². The number of urea groups is 1. The van der Waals surface area contributed by atoms with Gasteiger partial charge in [0.2, 0.25) is 0 Å². The monoisotopic (exact) mass is 292 g/mol. The van der Waals surface area contributed by atoms with Crippen molar-refractivity contribution in [3.63, 3.8) is 0 Å². The largest absolute Gasteiger partial charge is 0.481 e. The molecule has 1 aromatic rings. The Balaban J connectivity index is 2.38. The third-order valence-electron chi connectivity index (χ3n) is 3.48. The van der Waals surface area contributed by atoms with Crippen molar-refractivity contribution in [1.82, 2.24) is 10.2 Å². The Morgan fingerprint density at radius 3 is 2.48 bits per heavy atom. The number of aryl methyl sites for hydroxylation is 1. The minimum absolute atomic E-state index is 0.0723. The normalized spacial score (nSPS) is 11.8. The predicted octanol–water partition coefficient (Wildman–Crippen LogP) is 2.43. The highest BCUT2D eigenvalue weighted by Crippen LogP contribution is 2.09. The van der Waals surface area contributed by atoms with Crippen molar-refractivity contribution >= 4 is 12.0 Å². The molecule has 1 unspecified atom stereocenters. The molecule has 0 heterocycles. The van der Waals surface area contributed by atoms with E-state index in [4.69, 9.17) is 5.11 Å². The summed E-state index contributed by atoms with van der Waals surface area (Å²) in [5, 5.41) is 11.3. The second kappa shape index (κ2) is 8.29. The zero-order chi connectivity index (χ0) is 15.8. The summed E-state index contributed by atoms with van der Waals surface area (Å²) in [6.45, 7) is 4.42. The summed E-state index contributed by atoms with van der Waals surface area (Å²) in [5.41, 5.74) is 2.41. The van der Waals surface area contributed by atoms with E-state index in [-0.39, 0.29) is 18.5 Å². The Bertz CT molecular complexity index is 471. The molecule has 1 aromatic carbocycles. The SMILES string of the molecule is Cc1ccc(CC(C)N(C)C(=O)NCCCC(=O)O)cc1. The van der Waals surface area contributed by atoms with Gasteiger partial charge in [-0.15, -0.1) is 0 Å². The first-order chi connectivity index (χ1) is 9.90. The number of nitrogens with one attached hydrogen (secondary N) is 1. The number of carbonyl (C=O) groups excluding carboxylic acids is 1. The number of rotatable bonds is 7. The molecule has 5 heteroatoms. The molecule has 0 saturated carbocycles. The molecule has 2 amide bonds. The molecular formula is C16H24N2O3. The van der Waals surface area contributed by atoms with Crippen LogP contribution in [0.2, 0.25) is 0 Å². The third kappa shape index (κ3) is 6.29. The molecule has 5 nitrogen and oxygen atoms in total. The molecule has 116 valence electrons. The number of aliphatic carboxylic acids is 1. The molecule has 1 atom stereocenters. The number of benzene rings is 1. The number of hydrogen-bond donors (Lipinski definition) is 2. The first kappa shape index (κ1) is 17.0. The molecule has 0 aliphatic rings. The standard InChI is InChI=1S/C16H24N2O3/c1-12-6-8-14(9-7-12)11-13(2)18(3)16(21)17-10-4-5-15(19)20/h6-9,13H,4-5,10-11H2,1-3H3,(H,17,21)(H,19,20). The topological polar surface area (TPSA) is 69.6 Å². The number of carbonyl (C=O) groups is 2. The fourth-order valence-corrected chi connectivity index (χ4v) is 1.96. The smallest absolute Gasteiger partial charge is 0.317 e. The first-order valence-electron chi connectivity index (χ1n) is 7.18. The van der Waals surface area contributed by atoms with E-state index in [2.05, 4.69) is 29.6 Å². The van der Waals surface area contributed by atoms with Gasteiger partial charge in [0, 0.05) is 26.1 Å². The van der Waals surface area contributed by atoms with E-state index < -0.39 is 5.97 Å². The van der Waals surface area contributed by atoms with Gasteiger partial charge in [-0.05, 0) is 32.3 Å². The number of nitrogens with zero attached hydrogens (tertiary/aromatic N) is 1. The summed E-state index contributed by atoms with van der Waals surface area (Å²) in [5.74, 6) is -0.842. The Morgan fingerprint density at radius 1 is 1.29 bits per heavy atom. The second-order valence-electron chi connectivity index (χ2n) is 5.38. The number of likely N-dealkylation sites (N-methyl/N-ethyl adjacent to an activating group) is 1. The molecule has 0 saturated heterocycles. The van der Waals surface area contributed by atoms with Gasteiger partial charge in [0.25, 0.3) is 0 Å². The van der Waals surface area contributed by atoms with E-state index in [0.29, 0.717) is 13.0 Å². The Morgan fingerprint density at radius 2 is 1.90 bits per heavy atom. The van der Waals surface area contributed by atoms with Crippen LogP contribution in [0.1, 0.15) is 30.9 Å². The van der Waals surface area contributed by atoms with Crippen LogP contribution in [0.5, 0.6) is 0 Å². The molecule has 0 bridgehead atoms. The maximum absolute atomic E-state index is 11.9. The van der Waals surface area contributed by atoms with Crippen molar-refractivity contribution in [3.05, 3.63) is 35.4 Å². The van der Waals surface area contributed by atoms with Crippen LogP contribution in [0.4, 0.5) is 4.79 Å². The summed E-state index contributed by atoms with van der Waals surface area (Å²) in [7, 11) is 1.76. The highest BCUT2D eigenvalue weighted by atomic mass is 16.4. The maximum Gasteiger partial charge on any atom is 0.317 e. The summed E-state index contributed by atoms with van der Waals surface area (Å²) in [4.78, 5) is 24.0.